The van der Waals surface area contributed by atoms with E-state index < -0.39 is 18.3 Å². The molecule has 0 radical (unpaired) electrons. The van der Waals surface area contributed by atoms with Crippen LogP contribution >= 0.6 is 11.8 Å². The molecule has 0 atom stereocenters. The summed E-state index contributed by atoms with van der Waals surface area (Å²) in [6, 6.07) is 1.80. The Kier molecular flexibility index (Phi) is 5.86. The highest BCUT2D eigenvalue weighted by Gasteiger charge is 2.52. The van der Waals surface area contributed by atoms with Crippen LogP contribution in [0.2, 0.25) is 0 Å². The summed E-state index contributed by atoms with van der Waals surface area (Å²) in [4.78, 5) is 15.6. The van der Waals surface area contributed by atoms with Crippen LogP contribution in [0.15, 0.2) is 17.7 Å². The monoisotopic (exact) mass is 364 g/mol. The minimum atomic E-state index is -0.527. The standard InChI is InChI=1S/C17H25BN2O4S/c1-11(21)25-10-13(18-23-16(2,3)17(4,5)24-18)7-12-8-14(22-6)15(19)20-9-12/h7-9H,10H2,1-6H3,(H2,19,20). The third-order valence-corrected chi connectivity index (χ3v) is 5.36. The average Bonchev–Trinajstić information content (AvgIpc) is 2.73. The van der Waals surface area contributed by atoms with Crippen molar-refractivity contribution in [3.8, 4) is 5.75 Å². The molecule has 6 nitrogen and oxygen atoms in total. The lowest BCUT2D eigenvalue weighted by molar-refractivity contribution is -0.109. The molecular formula is C17H25BN2O4S. The zero-order valence-electron chi connectivity index (χ0n) is 15.6. The van der Waals surface area contributed by atoms with Crippen LogP contribution in [0.5, 0.6) is 5.75 Å². The number of carbonyl (C=O) groups excluding carboxylic acids is 1. The van der Waals surface area contributed by atoms with Crippen LogP contribution in [-0.4, -0.2) is 41.3 Å². The fourth-order valence-corrected chi connectivity index (χ4v) is 2.87. The number of anilines is 1. The minimum absolute atomic E-state index is 0.0374. The molecule has 1 fully saturated rings. The highest BCUT2D eigenvalue weighted by atomic mass is 32.2. The zero-order valence-corrected chi connectivity index (χ0v) is 16.4. The molecule has 0 spiro atoms. The molecule has 0 saturated carbocycles. The number of carbonyl (C=O) groups is 1. The van der Waals surface area contributed by atoms with Gasteiger partial charge in [0.1, 0.15) is 0 Å². The molecule has 1 aromatic heterocycles. The number of thioether (sulfide) groups is 1. The van der Waals surface area contributed by atoms with Crippen molar-refractivity contribution in [2.75, 3.05) is 18.6 Å². The maximum Gasteiger partial charge on any atom is 0.491 e. The Bertz CT molecular complexity index is 675. The Morgan fingerprint density at radius 1 is 1.36 bits per heavy atom. The molecule has 1 aliphatic heterocycles. The van der Waals surface area contributed by atoms with Gasteiger partial charge in [0.25, 0.3) is 0 Å². The molecule has 2 N–H and O–H groups in total. The topological polar surface area (TPSA) is 83.7 Å². The third kappa shape index (κ3) is 4.57. The molecule has 25 heavy (non-hydrogen) atoms. The molecule has 1 saturated heterocycles. The summed E-state index contributed by atoms with van der Waals surface area (Å²) in [5.74, 6) is 1.30. The van der Waals surface area contributed by atoms with E-state index in [1.807, 2.05) is 33.8 Å². The number of aromatic nitrogens is 1. The first-order valence-electron chi connectivity index (χ1n) is 8.05. The third-order valence-electron chi connectivity index (χ3n) is 4.47. The van der Waals surface area contributed by atoms with Crippen LogP contribution in [0.4, 0.5) is 5.82 Å². The maximum absolute atomic E-state index is 11.4. The first-order chi connectivity index (χ1) is 11.6. The number of hydrogen-bond donors (Lipinski definition) is 1. The van der Waals surface area contributed by atoms with E-state index in [2.05, 4.69) is 4.98 Å². The SMILES string of the molecule is COc1cc(C=C(CSC(C)=O)B2OC(C)(C)C(C)(C)O2)cnc1N. The van der Waals surface area contributed by atoms with Gasteiger partial charge in [0.2, 0.25) is 0 Å². The van der Waals surface area contributed by atoms with E-state index in [0.717, 1.165) is 11.0 Å². The van der Waals surface area contributed by atoms with Crippen molar-refractivity contribution in [1.82, 2.24) is 4.98 Å². The number of nitrogens with zero attached hydrogens (tertiary/aromatic N) is 1. The van der Waals surface area contributed by atoms with Gasteiger partial charge in [0.15, 0.2) is 16.7 Å². The van der Waals surface area contributed by atoms with Gasteiger partial charge in [-0.1, -0.05) is 17.8 Å². The molecule has 1 aromatic rings. The Hall–Kier alpha value is -1.51. The van der Waals surface area contributed by atoms with Gasteiger partial charge in [-0.2, -0.15) is 0 Å². The molecule has 0 bridgehead atoms. The Labute approximate surface area is 153 Å². The Morgan fingerprint density at radius 2 is 1.96 bits per heavy atom. The second kappa shape index (κ2) is 7.39. The molecular weight excluding hydrogens is 339 g/mol. The summed E-state index contributed by atoms with van der Waals surface area (Å²) in [7, 11) is 1.02. The molecule has 0 aliphatic carbocycles. The van der Waals surface area contributed by atoms with Gasteiger partial charge in [0.05, 0.1) is 18.3 Å². The van der Waals surface area contributed by atoms with Crippen LogP contribution in [0.25, 0.3) is 6.08 Å². The average molecular weight is 364 g/mol. The number of hydrogen-bond acceptors (Lipinski definition) is 7. The molecule has 0 aromatic carbocycles. The van der Waals surface area contributed by atoms with E-state index in [1.165, 1.54) is 11.8 Å². The predicted octanol–water partition coefficient (Wildman–Crippen LogP) is 2.97. The molecule has 2 heterocycles. The lowest BCUT2D eigenvalue weighted by Gasteiger charge is -2.32. The number of nitrogens with two attached hydrogens (primary N) is 1. The molecule has 0 amide bonds. The number of ether oxygens (including phenoxy) is 1. The Balaban J connectivity index is 2.35. The highest BCUT2D eigenvalue weighted by Crippen LogP contribution is 2.39. The van der Waals surface area contributed by atoms with E-state index >= 15 is 0 Å². The molecule has 8 heteroatoms. The minimum Gasteiger partial charge on any atom is -0.493 e. The largest absolute Gasteiger partial charge is 0.493 e. The maximum atomic E-state index is 11.4. The van der Waals surface area contributed by atoms with Gasteiger partial charge < -0.3 is 19.8 Å². The van der Waals surface area contributed by atoms with Crippen molar-refractivity contribution < 1.29 is 18.8 Å². The van der Waals surface area contributed by atoms with Gasteiger partial charge in [-0.25, -0.2) is 4.98 Å². The second-order valence-corrected chi connectivity index (χ2v) is 8.10. The van der Waals surface area contributed by atoms with Crippen LogP contribution in [0.3, 0.4) is 0 Å². The molecule has 136 valence electrons. The van der Waals surface area contributed by atoms with Crippen molar-refractivity contribution in [2.24, 2.45) is 0 Å². The normalized spacial score (nSPS) is 19.1. The van der Waals surface area contributed by atoms with Crippen molar-refractivity contribution in [3.05, 3.63) is 23.3 Å². The fraction of sp³-hybridized carbons (Fsp3) is 0.529. The van der Waals surface area contributed by atoms with Crippen LogP contribution in [0, 0.1) is 0 Å². The summed E-state index contributed by atoms with van der Waals surface area (Å²) >= 11 is 1.22. The molecule has 2 rings (SSSR count). The van der Waals surface area contributed by atoms with Gasteiger partial charge in [-0.05, 0) is 44.8 Å². The number of methoxy groups -OCH3 is 1. The van der Waals surface area contributed by atoms with Crippen molar-refractivity contribution in [2.45, 2.75) is 45.8 Å². The Morgan fingerprint density at radius 3 is 2.48 bits per heavy atom. The number of pyridine rings is 1. The van der Waals surface area contributed by atoms with Crippen molar-refractivity contribution in [3.63, 3.8) is 0 Å². The summed E-state index contributed by atoms with van der Waals surface area (Å²) in [5.41, 5.74) is 6.53. The van der Waals surface area contributed by atoms with E-state index in [9.17, 15) is 4.79 Å². The summed E-state index contributed by atoms with van der Waals surface area (Å²) in [5, 5.41) is 0.0374. The van der Waals surface area contributed by atoms with E-state index in [4.69, 9.17) is 19.8 Å². The molecule has 1 aliphatic rings. The lowest BCUT2D eigenvalue weighted by Crippen LogP contribution is -2.41. The fourth-order valence-electron chi connectivity index (χ4n) is 2.28. The van der Waals surface area contributed by atoms with Gasteiger partial charge in [-0.15, -0.1) is 0 Å². The van der Waals surface area contributed by atoms with Crippen molar-refractivity contribution >= 4 is 35.9 Å². The van der Waals surface area contributed by atoms with Crippen LogP contribution in [0.1, 0.15) is 40.2 Å². The zero-order chi connectivity index (χ0) is 18.8. The van der Waals surface area contributed by atoms with E-state index in [1.54, 1.807) is 26.3 Å². The van der Waals surface area contributed by atoms with Gasteiger partial charge >= 0.3 is 7.12 Å². The summed E-state index contributed by atoms with van der Waals surface area (Å²) in [6.07, 6.45) is 3.56. The second-order valence-electron chi connectivity index (χ2n) is 6.94. The number of nitrogen functional groups attached to an aromatic ring is 1. The summed E-state index contributed by atoms with van der Waals surface area (Å²) < 4.78 is 17.5. The smallest absolute Gasteiger partial charge is 0.491 e. The van der Waals surface area contributed by atoms with E-state index in [-0.39, 0.29) is 5.12 Å². The van der Waals surface area contributed by atoms with Crippen molar-refractivity contribution in [1.29, 1.82) is 0 Å². The molecule has 0 unspecified atom stereocenters. The highest BCUT2D eigenvalue weighted by molar-refractivity contribution is 8.13. The van der Waals surface area contributed by atoms with Gasteiger partial charge in [-0.3, -0.25) is 4.79 Å². The van der Waals surface area contributed by atoms with Crippen LogP contribution < -0.4 is 10.5 Å². The summed E-state index contributed by atoms with van der Waals surface area (Å²) in [6.45, 7) is 9.53. The van der Waals surface area contributed by atoms with Crippen LogP contribution in [-0.2, 0) is 14.1 Å². The quantitative estimate of drug-likeness (QED) is 0.804. The predicted molar refractivity (Wildman–Crippen MR) is 102 cm³/mol. The van der Waals surface area contributed by atoms with E-state index in [0.29, 0.717) is 17.3 Å². The number of rotatable bonds is 5. The first-order valence-corrected chi connectivity index (χ1v) is 9.03. The lowest BCUT2D eigenvalue weighted by atomic mass is 9.78. The van der Waals surface area contributed by atoms with Gasteiger partial charge in [0, 0.05) is 18.9 Å². The first kappa shape index (κ1) is 19.8.